The van der Waals surface area contributed by atoms with Crippen molar-refractivity contribution < 1.29 is 49.3 Å². The van der Waals surface area contributed by atoms with Gasteiger partial charge in [0.2, 0.25) is 5.91 Å². The molecule has 0 aromatic carbocycles. The normalized spacial score (nSPS) is 19.5. The molecular weight excluding hydrogens is 943 g/mol. The van der Waals surface area contributed by atoms with Crippen molar-refractivity contribution in [2.75, 3.05) is 13.2 Å². The highest BCUT2D eigenvalue weighted by Crippen LogP contribution is 2.26. The van der Waals surface area contributed by atoms with Crippen LogP contribution in [0.25, 0.3) is 0 Å². The number of aliphatic hydroxyl groups excluding tert-OH is 5. The lowest BCUT2D eigenvalue weighted by Gasteiger charge is -2.41. The summed E-state index contributed by atoms with van der Waals surface area (Å²) in [6.07, 6.45) is 53.2. The lowest BCUT2D eigenvalue weighted by Crippen LogP contribution is -2.61. The molecule has 75 heavy (non-hydrogen) atoms. The molecule has 6 N–H and O–H groups in total. The van der Waals surface area contributed by atoms with Crippen molar-refractivity contribution in [3.63, 3.8) is 0 Å². The smallest absolute Gasteiger partial charge is 0.306 e. The molecule has 0 aromatic rings. The average Bonchev–Trinajstić information content (AvgIpc) is 3.41. The highest BCUT2D eigenvalue weighted by atomic mass is 16.7. The van der Waals surface area contributed by atoms with E-state index in [9.17, 15) is 35.1 Å². The molecule has 1 amide bonds. The Kier molecular flexibility index (Phi) is 49.3. The minimum absolute atomic E-state index is 0.124. The standard InChI is InChI=1S/C64H117NO10/c1-4-7-10-13-16-19-22-23-24-25-26-27-28-29-30-31-32-33-34-35-37-40-43-46-49-52-59(69)75-62-61(71)60(70)58(53-66)74-64(62)73-54-55(56(67)50-47-44-41-39-36-20-17-14-11-8-5-2)65-63(72)57(68)51-48-45-42-38-21-18-15-12-9-6-3/h15-16,18-19,23-24,47,50,55-58,60-62,64,66-68,70-71H,4-14,17,20-22,25-46,48-49,51-54H2,1-3H3,(H,65,72)/b18-15-,19-16-,24-23-,50-47+. The highest BCUT2D eigenvalue weighted by Gasteiger charge is 2.47. The van der Waals surface area contributed by atoms with Crippen LogP contribution in [0.5, 0.6) is 0 Å². The summed E-state index contributed by atoms with van der Waals surface area (Å²) in [4.78, 5) is 26.5. The van der Waals surface area contributed by atoms with E-state index in [2.05, 4.69) is 62.5 Å². The van der Waals surface area contributed by atoms with E-state index in [1.807, 2.05) is 6.08 Å². The van der Waals surface area contributed by atoms with Gasteiger partial charge >= 0.3 is 5.97 Å². The second kappa shape index (κ2) is 52.3. The van der Waals surface area contributed by atoms with Crippen molar-refractivity contribution in [2.24, 2.45) is 0 Å². The molecule has 1 heterocycles. The monoisotopic (exact) mass is 1060 g/mol. The minimum atomic E-state index is -1.61. The van der Waals surface area contributed by atoms with Crippen molar-refractivity contribution in [3.8, 4) is 0 Å². The summed E-state index contributed by atoms with van der Waals surface area (Å²) in [7, 11) is 0. The molecule has 0 bridgehead atoms. The zero-order chi connectivity index (χ0) is 54.7. The summed E-state index contributed by atoms with van der Waals surface area (Å²) in [6.45, 7) is 5.71. The van der Waals surface area contributed by atoms with Crippen molar-refractivity contribution in [3.05, 3.63) is 48.6 Å². The van der Waals surface area contributed by atoms with Gasteiger partial charge in [0, 0.05) is 6.42 Å². The van der Waals surface area contributed by atoms with Crippen LogP contribution in [0.2, 0.25) is 0 Å². The Morgan fingerprint density at radius 3 is 1.44 bits per heavy atom. The molecule has 11 heteroatoms. The molecule has 1 aliphatic heterocycles. The topological polar surface area (TPSA) is 175 Å². The molecular formula is C64H117NO10. The molecule has 0 spiro atoms. The van der Waals surface area contributed by atoms with Crippen molar-refractivity contribution in [2.45, 2.75) is 333 Å². The lowest BCUT2D eigenvalue weighted by atomic mass is 9.99. The van der Waals surface area contributed by atoms with Crippen LogP contribution in [-0.2, 0) is 23.8 Å². The van der Waals surface area contributed by atoms with Crippen molar-refractivity contribution in [1.82, 2.24) is 5.32 Å². The van der Waals surface area contributed by atoms with Crippen molar-refractivity contribution >= 4 is 11.9 Å². The second-order valence-electron chi connectivity index (χ2n) is 21.8. The first kappa shape index (κ1) is 70.6. The number of amides is 1. The van der Waals surface area contributed by atoms with Gasteiger partial charge in [0.15, 0.2) is 12.4 Å². The third kappa shape index (κ3) is 40.5. The maximum Gasteiger partial charge on any atom is 0.306 e. The first-order chi connectivity index (χ1) is 36.7. The predicted octanol–water partition coefficient (Wildman–Crippen LogP) is 14.8. The van der Waals surface area contributed by atoms with Crippen LogP contribution < -0.4 is 5.32 Å². The SMILES string of the molecule is CCCC/C=C\CCCCCCC(O)C(=O)NC(COC1OC(CO)C(O)C(O)C1OC(=O)CCCCCCCCCCCCCCCCC/C=C\C/C=C\CCCCC)C(O)/C=C/CCCCCCCCCCC. The summed E-state index contributed by atoms with van der Waals surface area (Å²) >= 11 is 0. The number of unbranched alkanes of at least 4 members (excludes halogenated alkanes) is 33. The molecule has 11 nitrogen and oxygen atoms in total. The van der Waals surface area contributed by atoms with Crippen LogP contribution in [-0.4, -0.2) is 99.6 Å². The van der Waals surface area contributed by atoms with Crippen molar-refractivity contribution in [1.29, 1.82) is 0 Å². The molecule has 8 unspecified atom stereocenters. The summed E-state index contributed by atoms with van der Waals surface area (Å²) in [5.41, 5.74) is 0. The van der Waals surface area contributed by atoms with Crippen LogP contribution in [0.3, 0.4) is 0 Å². The number of carbonyl (C=O) groups is 2. The predicted molar refractivity (Wildman–Crippen MR) is 310 cm³/mol. The van der Waals surface area contributed by atoms with Gasteiger partial charge in [0.25, 0.3) is 0 Å². The second-order valence-corrected chi connectivity index (χ2v) is 21.8. The number of carbonyl (C=O) groups excluding carboxylic acids is 2. The molecule has 0 aromatic heterocycles. The largest absolute Gasteiger partial charge is 0.454 e. The maximum atomic E-state index is 13.3. The van der Waals surface area contributed by atoms with E-state index in [1.54, 1.807) is 6.08 Å². The van der Waals surface area contributed by atoms with Gasteiger partial charge in [-0.25, -0.2) is 0 Å². The van der Waals surface area contributed by atoms with E-state index >= 15 is 0 Å². The molecule has 438 valence electrons. The van der Waals surface area contributed by atoms with Crippen LogP contribution in [0.4, 0.5) is 0 Å². The number of aliphatic hydroxyl groups is 5. The Morgan fingerprint density at radius 1 is 0.520 bits per heavy atom. The van der Waals surface area contributed by atoms with Crippen LogP contribution in [0, 0.1) is 0 Å². The van der Waals surface area contributed by atoms with E-state index in [1.165, 1.54) is 161 Å². The fraction of sp³-hybridized carbons (Fsp3) is 0.844. The van der Waals surface area contributed by atoms with Crippen LogP contribution >= 0.6 is 0 Å². The Hall–Kier alpha value is -2.38. The minimum Gasteiger partial charge on any atom is -0.454 e. The molecule has 8 atom stereocenters. The first-order valence-electron chi connectivity index (χ1n) is 31.4. The van der Waals surface area contributed by atoms with Crippen LogP contribution in [0.15, 0.2) is 48.6 Å². The van der Waals surface area contributed by atoms with E-state index < -0.39 is 67.4 Å². The lowest BCUT2D eigenvalue weighted by molar-refractivity contribution is -0.305. The summed E-state index contributed by atoms with van der Waals surface area (Å²) in [5.74, 6) is -1.20. The Balaban J connectivity index is 2.55. The molecule has 1 aliphatic rings. The third-order valence-corrected chi connectivity index (χ3v) is 14.7. The Bertz CT molecular complexity index is 1400. The number of nitrogens with one attached hydrogen (secondary N) is 1. The van der Waals surface area contributed by atoms with Gasteiger partial charge in [0.05, 0.1) is 25.4 Å². The number of hydrogen-bond acceptors (Lipinski definition) is 10. The summed E-state index contributed by atoms with van der Waals surface area (Å²) in [5, 5.41) is 56.8. The van der Waals surface area contributed by atoms with Gasteiger partial charge in [-0.2, -0.15) is 0 Å². The average molecular weight is 1060 g/mol. The number of hydrogen-bond donors (Lipinski definition) is 6. The fourth-order valence-electron chi connectivity index (χ4n) is 9.66. The molecule has 0 saturated carbocycles. The van der Waals surface area contributed by atoms with Crippen LogP contribution in [0.1, 0.15) is 284 Å². The number of ether oxygens (including phenoxy) is 3. The zero-order valence-electron chi connectivity index (χ0n) is 48.4. The molecule has 1 saturated heterocycles. The van der Waals surface area contributed by atoms with Gasteiger partial charge in [-0.15, -0.1) is 0 Å². The van der Waals surface area contributed by atoms with Gasteiger partial charge in [0.1, 0.15) is 24.4 Å². The quantitative estimate of drug-likeness (QED) is 0.0195. The molecule has 0 radical (unpaired) electrons. The number of rotatable bonds is 53. The maximum absolute atomic E-state index is 13.3. The van der Waals surface area contributed by atoms with Gasteiger partial charge in [-0.3, -0.25) is 9.59 Å². The van der Waals surface area contributed by atoms with E-state index in [-0.39, 0.29) is 19.4 Å². The zero-order valence-corrected chi connectivity index (χ0v) is 48.4. The van der Waals surface area contributed by atoms with E-state index in [0.29, 0.717) is 12.8 Å². The molecule has 1 fully saturated rings. The number of esters is 1. The third-order valence-electron chi connectivity index (χ3n) is 14.7. The van der Waals surface area contributed by atoms with Gasteiger partial charge in [-0.05, 0) is 77.0 Å². The molecule has 0 aliphatic carbocycles. The number of allylic oxidation sites excluding steroid dienone is 7. The van der Waals surface area contributed by atoms with E-state index in [4.69, 9.17) is 14.2 Å². The van der Waals surface area contributed by atoms with Gasteiger partial charge in [-0.1, -0.05) is 249 Å². The van der Waals surface area contributed by atoms with Gasteiger partial charge < -0.3 is 45.1 Å². The van der Waals surface area contributed by atoms with E-state index in [0.717, 1.165) is 77.0 Å². The Labute approximate surface area is 459 Å². The summed E-state index contributed by atoms with van der Waals surface area (Å²) in [6, 6.07) is -1.02. The highest BCUT2D eigenvalue weighted by molar-refractivity contribution is 5.80. The first-order valence-corrected chi connectivity index (χ1v) is 31.4. The Morgan fingerprint density at radius 2 is 0.933 bits per heavy atom. The fourth-order valence-corrected chi connectivity index (χ4v) is 9.66. The molecule has 1 rings (SSSR count). The summed E-state index contributed by atoms with van der Waals surface area (Å²) < 4.78 is 17.6.